The second-order valence-electron chi connectivity index (χ2n) is 3.93. The van der Waals surface area contributed by atoms with E-state index in [4.69, 9.17) is 28.9 Å². The number of nitrogens with one attached hydrogen (secondary N) is 1. The van der Waals surface area contributed by atoms with Crippen LogP contribution in [0, 0.1) is 11.6 Å². The number of benzene rings is 2. The molecule has 0 heterocycles. The first-order valence-electron chi connectivity index (χ1n) is 5.39. The summed E-state index contributed by atoms with van der Waals surface area (Å²) >= 11 is 16.3. The highest BCUT2D eigenvalue weighted by atomic mass is 35.5. The highest BCUT2D eigenvalue weighted by Gasteiger charge is 2.13. The molecule has 0 amide bonds. The third-order valence-electron chi connectivity index (χ3n) is 2.52. The molecular formula is C13H8Cl2F2N2S. The van der Waals surface area contributed by atoms with Crippen LogP contribution in [0.25, 0.3) is 0 Å². The summed E-state index contributed by atoms with van der Waals surface area (Å²) in [5.74, 6) is -1.61. The van der Waals surface area contributed by atoms with Crippen molar-refractivity contribution in [2.75, 3.05) is 5.32 Å². The van der Waals surface area contributed by atoms with Crippen molar-refractivity contribution in [2.45, 2.75) is 0 Å². The van der Waals surface area contributed by atoms with Gasteiger partial charge in [0.15, 0.2) is 0 Å². The molecule has 2 nitrogen and oxygen atoms in total. The maximum absolute atomic E-state index is 13.9. The minimum Gasteiger partial charge on any atom is -0.389 e. The first-order valence-corrected chi connectivity index (χ1v) is 6.56. The maximum Gasteiger partial charge on any atom is 0.150 e. The monoisotopic (exact) mass is 332 g/mol. The molecule has 0 unspecified atom stereocenters. The number of rotatable bonds is 3. The normalized spacial score (nSPS) is 10.4. The summed E-state index contributed by atoms with van der Waals surface area (Å²) in [7, 11) is 0. The van der Waals surface area contributed by atoms with Crippen LogP contribution in [-0.2, 0) is 0 Å². The Morgan fingerprint density at radius 3 is 2.15 bits per heavy atom. The number of nitrogens with two attached hydrogens (primary N) is 1. The van der Waals surface area contributed by atoms with Crippen LogP contribution in [0.5, 0.6) is 0 Å². The Hall–Kier alpha value is -1.43. The molecule has 0 saturated heterocycles. The fraction of sp³-hybridized carbons (Fsp3) is 0. The number of halogens is 4. The van der Waals surface area contributed by atoms with Gasteiger partial charge in [-0.2, -0.15) is 0 Å². The van der Waals surface area contributed by atoms with Crippen molar-refractivity contribution in [3.05, 3.63) is 57.6 Å². The summed E-state index contributed by atoms with van der Waals surface area (Å²) < 4.78 is 27.7. The zero-order valence-electron chi connectivity index (χ0n) is 9.88. The molecule has 0 bridgehead atoms. The van der Waals surface area contributed by atoms with Crippen LogP contribution >= 0.6 is 35.4 Å². The summed E-state index contributed by atoms with van der Waals surface area (Å²) in [6.07, 6.45) is 0. The van der Waals surface area contributed by atoms with Gasteiger partial charge in [-0.25, -0.2) is 8.78 Å². The molecular weight excluding hydrogens is 325 g/mol. The average molecular weight is 333 g/mol. The van der Waals surface area contributed by atoms with Gasteiger partial charge in [0.1, 0.15) is 22.3 Å². The van der Waals surface area contributed by atoms with Crippen molar-refractivity contribution in [1.29, 1.82) is 0 Å². The van der Waals surface area contributed by atoms with Crippen molar-refractivity contribution in [3.63, 3.8) is 0 Å². The van der Waals surface area contributed by atoms with E-state index in [1.165, 1.54) is 12.1 Å². The summed E-state index contributed by atoms with van der Waals surface area (Å²) in [4.78, 5) is -0.0797. The molecule has 0 saturated carbocycles. The SMILES string of the molecule is NC(=S)c1cc(F)c(Nc2ccc(Cl)c(Cl)c2)c(F)c1. The first kappa shape index (κ1) is 15.0. The van der Waals surface area contributed by atoms with Crippen molar-refractivity contribution >= 4 is 51.8 Å². The van der Waals surface area contributed by atoms with Crippen LogP contribution in [0.15, 0.2) is 30.3 Å². The van der Waals surface area contributed by atoms with Gasteiger partial charge in [0.25, 0.3) is 0 Å². The van der Waals surface area contributed by atoms with Gasteiger partial charge in [0, 0.05) is 11.3 Å². The van der Waals surface area contributed by atoms with E-state index in [2.05, 4.69) is 17.5 Å². The molecule has 0 aliphatic heterocycles. The summed E-state index contributed by atoms with van der Waals surface area (Å²) in [5, 5.41) is 3.22. The molecule has 0 atom stereocenters. The highest BCUT2D eigenvalue weighted by Crippen LogP contribution is 2.29. The smallest absolute Gasteiger partial charge is 0.150 e. The number of hydrogen-bond donors (Lipinski definition) is 2. The lowest BCUT2D eigenvalue weighted by Gasteiger charge is -2.11. The lowest BCUT2D eigenvalue weighted by molar-refractivity contribution is 0.590. The average Bonchev–Trinajstić information content (AvgIpc) is 2.37. The van der Waals surface area contributed by atoms with Gasteiger partial charge in [0.05, 0.1) is 10.0 Å². The lowest BCUT2D eigenvalue weighted by atomic mass is 10.1. The molecule has 0 fully saturated rings. The second-order valence-corrected chi connectivity index (χ2v) is 5.19. The maximum atomic E-state index is 13.9. The number of anilines is 2. The fourth-order valence-corrected chi connectivity index (χ4v) is 1.97. The van der Waals surface area contributed by atoms with Gasteiger partial charge in [-0.05, 0) is 30.3 Å². The molecule has 0 aliphatic rings. The molecule has 2 aromatic rings. The van der Waals surface area contributed by atoms with Crippen molar-refractivity contribution in [3.8, 4) is 0 Å². The van der Waals surface area contributed by atoms with Gasteiger partial charge in [-0.15, -0.1) is 0 Å². The molecule has 104 valence electrons. The Kier molecular flexibility index (Phi) is 4.42. The van der Waals surface area contributed by atoms with E-state index >= 15 is 0 Å². The van der Waals surface area contributed by atoms with Gasteiger partial charge >= 0.3 is 0 Å². The van der Waals surface area contributed by atoms with E-state index in [0.29, 0.717) is 10.7 Å². The Bertz CT molecular complexity index is 669. The molecule has 20 heavy (non-hydrogen) atoms. The fourth-order valence-electron chi connectivity index (χ4n) is 1.55. The topological polar surface area (TPSA) is 38.0 Å². The Labute approximate surface area is 129 Å². The van der Waals surface area contributed by atoms with Crippen LogP contribution in [0.2, 0.25) is 10.0 Å². The van der Waals surface area contributed by atoms with Gasteiger partial charge < -0.3 is 11.1 Å². The molecule has 0 spiro atoms. The number of hydrogen-bond acceptors (Lipinski definition) is 2. The first-order chi connectivity index (χ1) is 9.38. The Morgan fingerprint density at radius 2 is 1.65 bits per heavy atom. The quantitative estimate of drug-likeness (QED) is 0.803. The lowest BCUT2D eigenvalue weighted by Crippen LogP contribution is -2.11. The van der Waals surface area contributed by atoms with Crippen molar-refractivity contribution in [2.24, 2.45) is 5.73 Å². The van der Waals surface area contributed by atoms with Crippen LogP contribution in [0.1, 0.15) is 5.56 Å². The zero-order chi connectivity index (χ0) is 14.9. The molecule has 3 N–H and O–H groups in total. The second kappa shape index (κ2) is 5.91. The van der Waals surface area contributed by atoms with E-state index < -0.39 is 11.6 Å². The molecule has 7 heteroatoms. The summed E-state index contributed by atoms with van der Waals surface area (Å²) in [5.41, 5.74) is 5.54. The summed E-state index contributed by atoms with van der Waals surface area (Å²) in [6, 6.07) is 6.65. The standard InChI is InChI=1S/C13H8Cl2F2N2S/c14-8-2-1-7(5-9(8)15)19-12-10(16)3-6(13(18)20)4-11(12)17/h1-5,19H,(H2,18,20). The van der Waals surface area contributed by atoms with Crippen molar-refractivity contribution in [1.82, 2.24) is 0 Å². The molecule has 2 aromatic carbocycles. The summed E-state index contributed by atoms with van der Waals surface area (Å²) in [6.45, 7) is 0. The van der Waals surface area contributed by atoms with Crippen LogP contribution < -0.4 is 11.1 Å². The van der Waals surface area contributed by atoms with E-state index in [1.54, 1.807) is 6.07 Å². The Balaban J connectivity index is 2.38. The minimum atomic E-state index is -0.807. The molecule has 0 radical (unpaired) electrons. The molecule has 0 aromatic heterocycles. The molecule has 0 aliphatic carbocycles. The predicted molar refractivity (Wildman–Crippen MR) is 82.0 cm³/mol. The van der Waals surface area contributed by atoms with Crippen molar-refractivity contribution < 1.29 is 8.78 Å². The predicted octanol–water partition coefficient (Wildman–Crippen LogP) is 4.65. The van der Waals surface area contributed by atoms with Gasteiger partial charge in [-0.3, -0.25) is 0 Å². The van der Waals surface area contributed by atoms with Crippen LogP contribution in [-0.4, -0.2) is 4.99 Å². The van der Waals surface area contributed by atoms with Crippen LogP contribution in [0.4, 0.5) is 20.2 Å². The zero-order valence-corrected chi connectivity index (χ0v) is 12.2. The van der Waals surface area contributed by atoms with E-state index in [0.717, 1.165) is 12.1 Å². The third-order valence-corrected chi connectivity index (χ3v) is 3.49. The van der Waals surface area contributed by atoms with E-state index in [-0.39, 0.29) is 21.3 Å². The highest BCUT2D eigenvalue weighted by molar-refractivity contribution is 7.80. The number of thiocarbonyl (C=S) groups is 1. The third kappa shape index (κ3) is 3.17. The van der Waals surface area contributed by atoms with Gasteiger partial charge in [-0.1, -0.05) is 35.4 Å². The van der Waals surface area contributed by atoms with Crippen LogP contribution in [0.3, 0.4) is 0 Å². The molecule has 2 rings (SSSR count). The minimum absolute atomic E-state index is 0.0797. The largest absolute Gasteiger partial charge is 0.389 e. The van der Waals surface area contributed by atoms with E-state index in [9.17, 15) is 8.78 Å². The Morgan fingerprint density at radius 1 is 1.05 bits per heavy atom. The van der Waals surface area contributed by atoms with Gasteiger partial charge in [0.2, 0.25) is 0 Å². The van der Waals surface area contributed by atoms with E-state index in [1.807, 2.05) is 0 Å².